The van der Waals surface area contributed by atoms with E-state index < -0.39 is 21.8 Å². The summed E-state index contributed by atoms with van der Waals surface area (Å²) in [4.78, 5) is 22.0. The van der Waals surface area contributed by atoms with Gasteiger partial charge in [-0.1, -0.05) is 53.5 Å². The van der Waals surface area contributed by atoms with E-state index in [1.54, 1.807) is 18.2 Å². The summed E-state index contributed by atoms with van der Waals surface area (Å²) >= 11 is 10.9. The van der Waals surface area contributed by atoms with Crippen LogP contribution in [0, 0.1) is 0 Å². The summed E-state index contributed by atoms with van der Waals surface area (Å²) in [5, 5.41) is 7.36. The van der Waals surface area contributed by atoms with Crippen molar-refractivity contribution in [2.75, 3.05) is 0 Å². The number of benzene rings is 1. The van der Waals surface area contributed by atoms with Gasteiger partial charge in [-0.3, -0.25) is 4.79 Å². The van der Waals surface area contributed by atoms with Crippen molar-refractivity contribution in [1.82, 2.24) is 0 Å². The Labute approximate surface area is 95.9 Å². The lowest BCUT2D eigenvalue weighted by Gasteiger charge is -1.99. The number of allylic oxidation sites excluding steroid dienone is 1. The van der Waals surface area contributed by atoms with Crippen LogP contribution >= 0.6 is 23.2 Å². The molecule has 0 aromatic heterocycles. The highest BCUT2D eigenvalue weighted by atomic mass is 35.5. The van der Waals surface area contributed by atoms with Crippen LogP contribution in [-0.4, -0.2) is 16.9 Å². The molecule has 1 rings (SSSR count). The molecule has 0 aliphatic heterocycles. The summed E-state index contributed by atoms with van der Waals surface area (Å²) in [5.74, 6) is -2.03. The van der Waals surface area contributed by atoms with Crippen LogP contribution in [-0.2, 0) is 4.79 Å². The molecule has 15 heavy (non-hydrogen) atoms. The van der Waals surface area contributed by atoms with Crippen molar-refractivity contribution in [1.29, 1.82) is 0 Å². The molecule has 0 unspecified atom stereocenters. The summed E-state index contributed by atoms with van der Waals surface area (Å²) in [6.07, 6.45) is 0. The molecule has 1 N–H and O–H groups in total. The van der Waals surface area contributed by atoms with Crippen LogP contribution in [0.2, 0.25) is 0 Å². The largest absolute Gasteiger partial charge is 0.477 e. The standard InChI is InChI=1S/C10H6Cl2O3/c11-7(8(12)10(14)15)9(13)6-4-2-1-3-5-6/h1-5H,(H,14,15)/b8-7-. The number of rotatable bonds is 3. The van der Waals surface area contributed by atoms with Crippen LogP contribution in [0.25, 0.3) is 0 Å². The average Bonchev–Trinajstić information content (AvgIpc) is 2.27. The van der Waals surface area contributed by atoms with E-state index in [0.717, 1.165) is 0 Å². The predicted octanol–water partition coefficient (Wildman–Crippen LogP) is 2.64. The minimum absolute atomic E-state index is 0.293. The van der Waals surface area contributed by atoms with Gasteiger partial charge >= 0.3 is 5.97 Å². The number of Topliss-reactive ketones (excluding diaryl/α,β-unsaturated/α-hetero) is 1. The van der Waals surface area contributed by atoms with Gasteiger partial charge in [-0.25, -0.2) is 4.79 Å². The first-order valence-electron chi connectivity index (χ1n) is 3.92. The summed E-state index contributed by atoms with van der Waals surface area (Å²) in [6, 6.07) is 8.07. The molecule has 3 nitrogen and oxygen atoms in total. The molecular weight excluding hydrogens is 239 g/mol. The van der Waals surface area contributed by atoms with E-state index in [1.165, 1.54) is 12.1 Å². The number of ketones is 1. The molecule has 0 saturated heterocycles. The van der Waals surface area contributed by atoms with Gasteiger partial charge in [0.1, 0.15) is 10.1 Å². The SMILES string of the molecule is O=C(O)/C(Cl)=C(/Cl)C(=O)c1ccccc1. The Morgan fingerprint density at radius 2 is 1.53 bits per heavy atom. The molecule has 78 valence electrons. The van der Waals surface area contributed by atoms with Gasteiger partial charge in [-0.05, 0) is 0 Å². The second kappa shape index (κ2) is 4.96. The van der Waals surface area contributed by atoms with Gasteiger partial charge in [0, 0.05) is 5.56 Å². The monoisotopic (exact) mass is 244 g/mol. The number of carbonyl (C=O) groups excluding carboxylic acids is 1. The van der Waals surface area contributed by atoms with Gasteiger partial charge in [0.25, 0.3) is 0 Å². The lowest BCUT2D eigenvalue weighted by Crippen LogP contribution is -2.05. The topological polar surface area (TPSA) is 54.4 Å². The van der Waals surface area contributed by atoms with E-state index in [4.69, 9.17) is 28.3 Å². The molecule has 0 radical (unpaired) electrons. The summed E-state index contributed by atoms with van der Waals surface area (Å²) in [7, 11) is 0. The van der Waals surface area contributed by atoms with E-state index >= 15 is 0 Å². The van der Waals surface area contributed by atoms with Gasteiger partial charge in [0.05, 0.1) is 0 Å². The minimum atomic E-state index is -1.43. The fourth-order valence-corrected chi connectivity index (χ4v) is 1.19. The second-order valence-corrected chi connectivity index (χ2v) is 3.38. The van der Waals surface area contributed by atoms with Gasteiger partial charge in [-0.15, -0.1) is 0 Å². The van der Waals surface area contributed by atoms with Crippen molar-refractivity contribution in [3.8, 4) is 0 Å². The zero-order valence-corrected chi connectivity index (χ0v) is 8.92. The number of carbonyl (C=O) groups is 2. The van der Waals surface area contributed by atoms with Crippen LogP contribution in [0.3, 0.4) is 0 Å². The normalized spacial score (nSPS) is 11.9. The lowest BCUT2D eigenvalue weighted by atomic mass is 10.1. The van der Waals surface area contributed by atoms with Gasteiger partial charge in [-0.2, -0.15) is 0 Å². The molecule has 0 aliphatic carbocycles. The number of carboxylic acid groups (broad SMARTS) is 1. The quantitative estimate of drug-likeness (QED) is 0.657. The Balaban J connectivity index is 3.07. The van der Waals surface area contributed by atoms with Crippen LogP contribution in [0.15, 0.2) is 40.4 Å². The third-order valence-corrected chi connectivity index (χ3v) is 2.42. The predicted molar refractivity (Wildman–Crippen MR) is 57.1 cm³/mol. The molecule has 0 fully saturated rings. The Morgan fingerprint density at radius 3 is 2.00 bits per heavy atom. The Hall–Kier alpha value is -1.32. The first-order valence-corrected chi connectivity index (χ1v) is 4.68. The smallest absolute Gasteiger partial charge is 0.349 e. The Kier molecular flexibility index (Phi) is 3.88. The van der Waals surface area contributed by atoms with E-state index in [1.807, 2.05) is 0 Å². The van der Waals surface area contributed by atoms with Crippen molar-refractivity contribution in [3.63, 3.8) is 0 Å². The van der Waals surface area contributed by atoms with Gasteiger partial charge in [0.15, 0.2) is 0 Å². The van der Waals surface area contributed by atoms with Crippen molar-refractivity contribution >= 4 is 35.0 Å². The number of aliphatic carboxylic acids is 1. The zero-order chi connectivity index (χ0) is 11.4. The zero-order valence-electron chi connectivity index (χ0n) is 7.41. The summed E-state index contributed by atoms with van der Waals surface area (Å²) in [5.41, 5.74) is 0.293. The van der Waals surface area contributed by atoms with E-state index in [2.05, 4.69) is 0 Å². The minimum Gasteiger partial charge on any atom is -0.477 e. The molecule has 0 saturated carbocycles. The molecular formula is C10H6Cl2O3. The third-order valence-electron chi connectivity index (χ3n) is 1.62. The number of carboxylic acids is 1. The molecule has 0 heterocycles. The number of hydrogen-bond donors (Lipinski definition) is 1. The fourth-order valence-electron chi connectivity index (χ4n) is 0.910. The van der Waals surface area contributed by atoms with Gasteiger partial charge < -0.3 is 5.11 Å². The third kappa shape index (κ3) is 2.81. The van der Waals surface area contributed by atoms with Gasteiger partial charge in [0.2, 0.25) is 5.78 Å². The molecule has 0 bridgehead atoms. The average molecular weight is 245 g/mol. The molecule has 0 spiro atoms. The van der Waals surface area contributed by atoms with Crippen molar-refractivity contribution in [3.05, 3.63) is 46.0 Å². The van der Waals surface area contributed by atoms with Crippen molar-refractivity contribution in [2.24, 2.45) is 0 Å². The molecule has 0 amide bonds. The Morgan fingerprint density at radius 1 is 1.00 bits per heavy atom. The van der Waals surface area contributed by atoms with Crippen LogP contribution in [0.4, 0.5) is 0 Å². The maximum Gasteiger partial charge on any atom is 0.349 e. The maximum absolute atomic E-state index is 11.6. The highest BCUT2D eigenvalue weighted by Gasteiger charge is 2.18. The van der Waals surface area contributed by atoms with E-state index in [-0.39, 0.29) is 0 Å². The second-order valence-electron chi connectivity index (χ2n) is 2.63. The number of halogens is 2. The molecule has 1 aromatic rings. The highest BCUT2D eigenvalue weighted by molar-refractivity contribution is 6.54. The number of hydrogen-bond acceptors (Lipinski definition) is 2. The molecule has 0 aliphatic rings. The maximum atomic E-state index is 11.6. The molecule has 0 atom stereocenters. The first kappa shape index (κ1) is 11.8. The fraction of sp³-hybridized carbons (Fsp3) is 0. The van der Waals surface area contributed by atoms with Crippen molar-refractivity contribution < 1.29 is 14.7 Å². The summed E-state index contributed by atoms with van der Waals surface area (Å²) in [6.45, 7) is 0. The van der Waals surface area contributed by atoms with E-state index in [9.17, 15) is 9.59 Å². The highest BCUT2D eigenvalue weighted by Crippen LogP contribution is 2.19. The van der Waals surface area contributed by atoms with Crippen LogP contribution in [0.1, 0.15) is 10.4 Å². The first-order chi connectivity index (χ1) is 7.04. The lowest BCUT2D eigenvalue weighted by molar-refractivity contribution is -0.131. The van der Waals surface area contributed by atoms with Crippen molar-refractivity contribution in [2.45, 2.75) is 0 Å². The molecule has 5 heteroatoms. The molecule has 1 aromatic carbocycles. The van der Waals surface area contributed by atoms with E-state index in [0.29, 0.717) is 5.56 Å². The Bertz CT molecular complexity index is 424. The van der Waals surface area contributed by atoms with Crippen LogP contribution < -0.4 is 0 Å². The summed E-state index contributed by atoms with van der Waals surface area (Å²) < 4.78 is 0. The van der Waals surface area contributed by atoms with Crippen LogP contribution in [0.5, 0.6) is 0 Å².